The number of hydrogen-bond donors (Lipinski definition) is 2. The predicted octanol–water partition coefficient (Wildman–Crippen LogP) is 1.08. The second-order valence-electron chi connectivity index (χ2n) is 6.69. The summed E-state index contributed by atoms with van der Waals surface area (Å²) in [6.07, 6.45) is 4.14. The van der Waals surface area contributed by atoms with Crippen LogP contribution in [0.3, 0.4) is 0 Å². The second kappa shape index (κ2) is 5.77. The van der Waals surface area contributed by atoms with Crippen LogP contribution in [-0.4, -0.2) is 57.8 Å². The van der Waals surface area contributed by atoms with Crippen molar-refractivity contribution in [3.63, 3.8) is 0 Å². The summed E-state index contributed by atoms with van der Waals surface area (Å²) in [4.78, 5) is 4.01. The number of aromatic nitrogens is 2. The summed E-state index contributed by atoms with van der Waals surface area (Å²) < 4.78 is 39.9. The molecule has 8 heteroatoms. The molecule has 0 spiro atoms. The van der Waals surface area contributed by atoms with Gasteiger partial charge < -0.3 is 24.5 Å². The number of aliphatic hydroxyl groups excluding tert-OH is 1. The highest BCUT2D eigenvalue weighted by Crippen LogP contribution is 2.38. The number of imidazole rings is 1. The fraction of sp³-hybridized carbons (Fsp3) is 0.800. The lowest BCUT2D eigenvalue weighted by Gasteiger charge is -2.41. The fourth-order valence-electron chi connectivity index (χ4n) is 3.85. The van der Waals surface area contributed by atoms with Crippen molar-refractivity contribution >= 4 is 0 Å². The van der Waals surface area contributed by atoms with Crippen LogP contribution in [0.4, 0.5) is 8.78 Å². The number of hydrogen-bond acceptors (Lipinski definition) is 5. The van der Waals surface area contributed by atoms with Gasteiger partial charge in [-0.05, 0) is 12.8 Å². The maximum Gasteiger partial charge on any atom is 0.248 e. The molecule has 0 amide bonds. The molecule has 6 nitrogen and oxygen atoms in total. The molecule has 2 bridgehead atoms. The molecule has 0 radical (unpaired) electrons. The first-order valence-electron chi connectivity index (χ1n) is 8.10. The van der Waals surface area contributed by atoms with Crippen molar-refractivity contribution in [3.8, 4) is 0 Å². The van der Waals surface area contributed by atoms with E-state index in [0.717, 1.165) is 0 Å². The Bertz CT molecular complexity index is 532. The van der Waals surface area contributed by atoms with Crippen molar-refractivity contribution in [1.29, 1.82) is 0 Å². The molecule has 3 fully saturated rings. The molecule has 0 aromatic carbocycles. The van der Waals surface area contributed by atoms with E-state index in [-0.39, 0.29) is 31.0 Å². The molecule has 2 aliphatic heterocycles. The Morgan fingerprint density at radius 1 is 1.30 bits per heavy atom. The maximum atomic E-state index is 13.3. The molecule has 4 rings (SSSR count). The van der Waals surface area contributed by atoms with Crippen LogP contribution < -0.4 is 5.32 Å². The van der Waals surface area contributed by atoms with Gasteiger partial charge in [0.1, 0.15) is 12.1 Å². The lowest BCUT2D eigenvalue weighted by Crippen LogP contribution is -2.60. The predicted molar refractivity (Wildman–Crippen MR) is 76.0 cm³/mol. The van der Waals surface area contributed by atoms with Gasteiger partial charge in [-0.25, -0.2) is 13.8 Å². The van der Waals surface area contributed by atoms with E-state index in [0.29, 0.717) is 19.4 Å². The first-order chi connectivity index (χ1) is 11.0. The topological polar surface area (TPSA) is 68.5 Å². The van der Waals surface area contributed by atoms with E-state index in [9.17, 15) is 13.9 Å². The zero-order valence-electron chi connectivity index (χ0n) is 12.6. The van der Waals surface area contributed by atoms with E-state index >= 15 is 0 Å². The first kappa shape index (κ1) is 15.4. The standard InChI is InChI=1S/C15H21F2N3O3/c16-15(17)3-1-9(2-4-15)19-11-10-7-22-14(23-10)12(13(11)21)20-6-5-18-8-20/h5-6,8-14,19,21H,1-4,7H2. The van der Waals surface area contributed by atoms with Gasteiger partial charge in [-0.1, -0.05) is 0 Å². The Labute approximate surface area is 132 Å². The molecule has 2 saturated heterocycles. The van der Waals surface area contributed by atoms with Crippen LogP contribution in [0.25, 0.3) is 0 Å². The number of nitrogens with zero attached hydrogens (tertiary/aromatic N) is 2. The van der Waals surface area contributed by atoms with Gasteiger partial charge >= 0.3 is 0 Å². The van der Waals surface area contributed by atoms with Crippen LogP contribution in [0.5, 0.6) is 0 Å². The number of halogens is 2. The van der Waals surface area contributed by atoms with Crippen LogP contribution in [0, 0.1) is 0 Å². The van der Waals surface area contributed by atoms with E-state index in [2.05, 4.69) is 10.3 Å². The molecule has 23 heavy (non-hydrogen) atoms. The Morgan fingerprint density at radius 3 is 2.78 bits per heavy atom. The number of nitrogens with one attached hydrogen (secondary N) is 1. The third-order valence-corrected chi connectivity index (χ3v) is 5.15. The first-order valence-corrected chi connectivity index (χ1v) is 8.10. The van der Waals surface area contributed by atoms with E-state index in [1.54, 1.807) is 23.3 Å². The van der Waals surface area contributed by atoms with Crippen molar-refractivity contribution in [2.24, 2.45) is 0 Å². The maximum absolute atomic E-state index is 13.3. The van der Waals surface area contributed by atoms with Crippen LogP contribution in [-0.2, 0) is 9.47 Å². The molecule has 5 unspecified atom stereocenters. The molecule has 128 valence electrons. The summed E-state index contributed by atoms with van der Waals surface area (Å²) in [6, 6.07) is -0.755. The summed E-state index contributed by atoms with van der Waals surface area (Å²) in [6.45, 7) is 0.396. The fourth-order valence-corrected chi connectivity index (χ4v) is 3.85. The molecule has 5 atom stereocenters. The van der Waals surface area contributed by atoms with Gasteiger partial charge in [-0.15, -0.1) is 0 Å². The normalized spacial score (nSPS) is 40.4. The van der Waals surface area contributed by atoms with Crippen molar-refractivity contribution in [2.45, 2.75) is 68.2 Å². The van der Waals surface area contributed by atoms with E-state index in [1.807, 2.05) is 0 Å². The summed E-state index contributed by atoms with van der Waals surface area (Å²) in [5, 5.41) is 14.1. The van der Waals surface area contributed by atoms with E-state index in [1.165, 1.54) is 0 Å². The quantitative estimate of drug-likeness (QED) is 0.868. The average molecular weight is 329 g/mol. The van der Waals surface area contributed by atoms with Crippen LogP contribution in [0.1, 0.15) is 31.7 Å². The van der Waals surface area contributed by atoms with Crippen molar-refractivity contribution < 1.29 is 23.4 Å². The highest BCUT2D eigenvalue weighted by atomic mass is 19.3. The van der Waals surface area contributed by atoms with Gasteiger partial charge in [0, 0.05) is 31.3 Å². The number of rotatable bonds is 3. The lowest BCUT2D eigenvalue weighted by atomic mass is 9.89. The summed E-state index contributed by atoms with van der Waals surface area (Å²) >= 11 is 0. The smallest absolute Gasteiger partial charge is 0.248 e. The Balaban J connectivity index is 1.47. The number of fused-ring (bicyclic) bond motifs is 2. The van der Waals surface area contributed by atoms with Crippen LogP contribution >= 0.6 is 0 Å². The SMILES string of the molecule is OC1C(NC2CCC(F)(F)CC2)C2COC(O2)C1n1ccnc1. The minimum absolute atomic E-state index is 0.0292. The Morgan fingerprint density at radius 2 is 2.09 bits per heavy atom. The third kappa shape index (κ3) is 2.88. The van der Waals surface area contributed by atoms with Gasteiger partial charge in [0.25, 0.3) is 0 Å². The van der Waals surface area contributed by atoms with Crippen LogP contribution in [0.15, 0.2) is 18.7 Å². The average Bonchev–Trinajstić information content (AvgIpc) is 3.17. The minimum atomic E-state index is -2.55. The highest BCUT2D eigenvalue weighted by Gasteiger charge is 2.51. The number of aliphatic hydroxyl groups is 1. The van der Waals surface area contributed by atoms with Crippen molar-refractivity contribution in [2.75, 3.05) is 6.61 Å². The van der Waals surface area contributed by atoms with Gasteiger partial charge in [-0.3, -0.25) is 0 Å². The second-order valence-corrected chi connectivity index (χ2v) is 6.69. The molecule has 3 aliphatic rings. The molecule has 2 N–H and O–H groups in total. The summed E-state index contributed by atoms with van der Waals surface area (Å²) in [5.41, 5.74) is 0. The summed E-state index contributed by atoms with van der Waals surface area (Å²) in [7, 11) is 0. The number of alkyl halides is 2. The molecule has 1 aromatic rings. The van der Waals surface area contributed by atoms with Crippen molar-refractivity contribution in [3.05, 3.63) is 18.7 Å². The molecule has 1 aliphatic carbocycles. The van der Waals surface area contributed by atoms with Gasteiger partial charge in [0.15, 0.2) is 6.29 Å². The molecular weight excluding hydrogens is 308 g/mol. The minimum Gasteiger partial charge on any atom is -0.389 e. The number of ether oxygens (including phenoxy) is 2. The third-order valence-electron chi connectivity index (χ3n) is 5.15. The van der Waals surface area contributed by atoms with Gasteiger partial charge in [0.05, 0.1) is 25.1 Å². The zero-order chi connectivity index (χ0) is 16.0. The zero-order valence-corrected chi connectivity index (χ0v) is 12.6. The van der Waals surface area contributed by atoms with Crippen LogP contribution in [0.2, 0.25) is 0 Å². The molecule has 1 saturated carbocycles. The lowest BCUT2D eigenvalue weighted by molar-refractivity contribution is -0.167. The molecular formula is C15H21F2N3O3. The highest BCUT2D eigenvalue weighted by molar-refractivity contribution is 5.02. The Kier molecular flexibility index (Phi) is 3.87. The van der Waals surface area contributed by atoms with Gasteiger partial charge in [0.2, 0.25) is 5.92 Å². The van der Waals surface area contributed by atoms with Crippen molar-refractivity contribution in [1.82, 2.24) is 14.9 Å². The summed E-state index contributed by atoms with van der Waals surface area (Å²) in [5.74, 6) is -2.55. The Hall–Kier alpha value is -1.09. The largest absolute Gasteiger partial charge is 0.389 e. The van der Waals surface area contributed by atoms with E-state index in [4.69, 9.17) is 9.47 Å². The van der Waals surface area contributed by atoms with E-state index < -0.39 is 24.4 Å². The monoisotopic (exact) mass is 329 g/mol. The molecule has 1 aromatic heterocycles. The van der Waals surface area contributed by atoms with Gasteiger partial charge in [-0.2, -0.15) is 0 Å². The molecule has 3 heterocycles.